The number of hydrogen-bond acceptors (Lipinski definition) is 3. The molecule has 3 aromatic carbocycles. The van der Waals surface area contributed by atoms with Crippen LogP contribution < -0.4 is 5.32 Å². The lowest BCUT2D eigenvalue weighted by Crippen LogP contribution is -2.52. The molecule has 1 N–H and O–H groups in total. The van der Waals surface area contributed by atoms with Crippen molar-refractivity contribution in [3.05, 3.63) is 82.3 Å². The van der Waals surface area contributed by atoms with Gasteiger partial charge in [0, 0.05) is 15.8 Å². The van der Waals surface area contributed by atoms with E-state index in [1.54, 1.807) is 0 Å². The number of anilines is 2. The van der Waals surface area contributed by atoms with Crippen molar-refractivity contribution in [2.75, 3.05) is 12.4 Å². The zero-order valence-electron chi connectivity index (χ0n) is 20.2. The van der Waals surface area contributed by atoms with E-state index in [0.29, 0.717) is 5.92 Å². The zero-order chi connectivity index (χ0) is 23.9. The summed E-state index contributed by atoms with van der Waals surface area (Å²) in [5, 5.41) is 3.59. The van der Waals surface area contributed by atoms with Crippen LogP contribution >= 0.6 is 15.9 Å². The Morgan fingerprint density at radius 2 is 1.59 bits per heavy atom. The molecular formula is C30H32BrNO2. The van der Waals surface area contributed by atoms with Crippen LogP contribution in [0.1, 0.15) is 50.7 Å². The highest BCUT2D eigenvalue weighted by Gasteiger charge is 2.55. The van der Waals surface area contributed by atoms with Crippen molar-refractivity contribution >= 4 is 33.3 Å². The number of ether oxygens (including phenoxy) is 1. The number of benzene rings is 3. The Bertz CT molecular complexity index is 1200. The fourth-order valence-corrected chi connectivity index (χ4v) is 6.87. The number of hydrogen-bond donors (Lipinski definition) is 1. The van der Waals surface area contributed by atoms with Crippen LogP contribution in [0.25, 0.3) is 11.1 Å². The Kier molecular flexibility index (Phi) is 6.05. The Balaban J connectivity index is 1.37. The first-order chi connectivity index (χ1) is 16.3. The molecule has 3 atom stereocenters. The van der Waals surface area contributed by atoms with E-state index in [0.717, 1.165) is 48.0 Å². The smallest absolute Gasteiger partial charge is 0.311 e. The lowest BCUT2D eigenvalue weighted by atomic mass is 9.50. The average molecular weight is 518 g/mol. The number of methoxy groups -OCH3 is 1. The predicted octanol–water partition coefficient (Wildman–Crippen LogP) is 8.04. The third-order valence-corrected chi connectivity index (χ3v) is 8.88. The van der Waals surface area contributed by atoms with Crippen LogP contribution in [0.2, 0.25) is 0 Å². The van der Waals surface area contributed by atoms with Gasteiger partial charge in [-0.2, -0.15) is 0 Å². The maximum absolute atomic E-state index is 12.8. The molecule has 3 aromatic rings. The number of carbonyl (C=O) groups is 1. The number of nitrogens with one attached hydrogen (secondary N) is 1. The van der Waals surface area contributed by atoms with E-state index in [1.807, 2.05) is 0 Å². The summed E-state index contributed by atoms with van der Waals surface area (Å²) in [6.07, 6.45) is 5.14. The second-order valence-electron chi connectivity index (χ2n) is 10.4. The molecule has 0 spiro atoms. The molecule has 0 aromatic heterocycles. The van der Waals surface area contributed by atoms with Gasteiger partial charge in [0.05, 0.1) is 12.5 Å². The van der Waals surface area contributed by atoms with E-state index in [2.05, 4.69) is 102 Å². The molecule has 176 valence electrons. The topological polar surface area (TPSA) is 38.3 Å². The summed E-state index contributed by atoms with van der Waals surface area (Å²) < 4.78 is 6.34. The molecule has 1 fully saturated rings. The van der Waals surface area contributed by atoms with Crippen LogP contribution in [0.5, 0.6) is 0 Å². The summed E-state index contributed by atoms with van der Waals surface area (Å²) >= 11 is 3.50. The van der Waals surface area contributed by atoms with Crippen LogP contribution in [-0.2, 0) is 21.4 Å². The Labute approximate surface area is 211 Å². The maximum Gasteiger partial charge on any atom is 0.311 e. The molecule has 0 aliphatic heterocycles. The van der Waals surface area contributed by atoms with Gasteiger partial charge in [0.2, 0.25) is 0 Å². The third-order valence-electron chi connectivity index (χ3n) is 8.36. The number of halogens is 1. The van der Waals surface area contributed by atoms with Crippen LogP contribution in [0.4, 0.5) is 11.4 Å². The first-order valence-electron chi connectivity index (χ1n) is 12.2. The standard InChI is InChI=1S/C30H32BrNO2/c1-29-17-4-18-30(2,28(33)34-3)27(29)16-9-22-19-25(14-15-26(22)29)32-24-12-7-21(8-13-24)20-5-10-23(31)11-6-20/h5-8,10-15,19,27,32H,4,9,16-18H2,1-3H3/t27?,29-,30?/m1/s1. The number of fused-ring (bicyclic) bond motifs is 3. The first-order valence-corrected chi connectivity index (χ1v) is 13.0. The summed E-state index contributed by atoms with van der Waals surface area (Å²) in [6, 6.07) is 23.8. The molecule has 2 unspecified atom stereocenters. The van der Waals surface area contributed by atoms with Gasteiger partial charge in [-0.1, -0.05) is 59.6 Å². The van der Waals surface area contributed by atoms with Crippen molar-refractivity contribution in [1.29, 1.82) is 0 Å². The van der Waals surface area contributed by atoms with Gasteiger partial charge in [0.25, 0.3) is 0 Å². The lowest BCUT2D eigenvalue weighted by molar-refractivity contribution is -0.161. The summed E-state index contributed by atoms with van der Waals surface area (Å²) in [5.41, 5.74) is 7.04. The molecular weight excluding hydrogens is 486 g/mol. The van der Waals surface area contributed by atoms with Gasteiger partial charge < -0.3 is 10.1 Å². The summed E-state index contributed by atoms with van der Waals surface area (Å²) in [5.74, 6) is 0.274. The minimum Gasteiger partial charge on any atom is -0.469 e. The van der Waals surface area contributed by atoms with Crippen molar-refractivity contribution < 1.29 is 9.53 Å². The minimum absolute atomic E-state index is 0.0135. The molecule has 0 radical (unpaired) electrons. The second-order valence-corrected chi connectivity index (χ2v) is 11.3. The number of carbonyl (C=O) groups excluding carboxylic acids is 1. The van der Waals surface area contributed by atoms with E-state index in [-0.39, 0.29) is 11.4 Å². The molecule has 0 bridgehead atoms. The number of esters is 1. The highest BCUT2D eigenvalue weighted by molar-refractivity contribution is 9.10. The molecule has 0 saturated heterocycles. The third kappa shape index (κ3) is 3.96. The number of aryl methyl sites for hydroxylation is 1. The molecule has 2 aliphatic carbocycles. The van der Waals surface area contributed by atoms with Gasteiger partial charge >= 0.3 is 5.97 Å². The van der Waals surface area contributed by atoms with Crippen LogP contribution in [0.3, 0.4) is 0 Å². The lowest BCUT2D eigenvalue weighted by Gasteiger charge is -2.54. The number of rotatable bonds is 4. The SMILES string of the molecule is COC(=O)C1(C)CCC[C@]2(C)c3ccc(Nc4ccc(-c5ccc(Br)cc5)cc4)cc3CCC12. The second kappa shape index (κ2) is 8.88. The fraction of sp³-hybridized carbons (Fsp3) is 0.367. The van der Waals surface area contributed by atoms with Crippen molar-refractivity contribution in [1.82, 2.24) is 0 Å². The summed E-state index contributed by atoms with van der Waals surface area (Å²) in [4.78, 5) is 12.8. The normalized spacial score (nSPS) is 25.7. The average Bonchev–Trinajstić information content (AvgIpc) is 2.84. The minimum atomic E-state index is -0.396. The summed E-state index contributed by atoms with van der Waals surface area (Å²) in [7, 11) is 1.53. The maximum atomic E-state index is 12.8. The van der Waals surface area contributed by atoms with Crippen molar-refractivity contribution in [3.63, 3.8) is 0 Å². The van der Waals surface area contributed by atoms with Gasteiger partial charge in [-0.05, 0) is 103 Å². The molecule has 2 aliphatic rings. The summed E-state index contributed by atoms with van der Waals surface area (Å²) in [6.45, 7) is 4.49. The Morgan fingerprint density at radius 1 is 0.941 bits per heavy atom. The van der Waals surface area contributed by atoms with E-state index >= 15 is 0 Å². The van der Waals surface area contributed by atoms with Gasteiger partial charge in [-0.3, -0.25) is 4.79 Å². The Morgan fingerprint density at radius 3 is 2.26 bits per heavy atom. The van der Waals surface area contributed by atoms with Gasteiger partial charge in [0.1, 0.15) is 0 Å². The molecule has 5 rings (SSSR count). The zero-order valence-corrected chi connectivity index (χ0v) is 21.7. The molecule has 4 heteroatoms. The molecule has 1 saturated carbocycles. The van der Waals surface area contributed by atoms with Crippen LogP contribution in [-0.4, -0.2) is 13.1 Å². The molecule has 0 amide bonds. The predicted molar refractivity (Wildman–Crippen MR) is 142 cm³/mol. The van der Waals surface area contributed by atoms with Gasteiger partial charge in [0.15, 0.2) is 0 Å². The van der Waals surface area contributed by atoms with Gasteiger partial charge in [-0.15, -0.1) is 0 Å². The van der Waals surface area contributed by atoms with E-state index in [1.165, 1.54) is 29.4 Å². The Hall–Kier alpha value is -2.59. The quantitative estimate of drug-likeness (QED) is 0.355. The van der Waals surface area contributed by atoms with Crippen LogP contribution in [0.15, 0.2) is 71.2 Å². The van der Waals surface area contributed by atoms with Crippen molar-refractivity contribution in [2.45, 2.75) is 51.4 Å². The van der Waals surface area contributed by atoms with E-state index in [4.69, 9.17) is 4.74 Å². The largest absolute Gasteiger partial charge is 0.469 e. The van der Waals surface area contributed by atoms with Crippen molar-refractivity contribution in [2.24, 2.45) is 11.3 Å². The fourth-order valence-electron chi connectivity index (χ4n) is 6.60. The van der Waals surface area contributed by atoms with Gasteiger partial charge in [-0.25, -0.2) is 0 Å². The van der Waals surface area contributed by atoms with Crippen LogP contribution in [0, 0.1) is 11.3 Å². The molecule has 0 heterocycles. The van der Waals surface area contributed by atoms with E-state index < -0.39 is 5.41 Å². The molecule has 3 nitrogen and oxygen atoms in total. The highest BCUT2D eigenvalue weighted by Crippen LogP contribution is 2.57. The molecule has 34 heavy (non-hydrogen) atoms. The van der Waals surface area contributed by atoms with Crippen molar-refractivity contribution in [3.8, 4) is 11.1 Å². The van der Waals surface area contributed by atoms with E-state index in [9.17, 15) is 4.79 Å². The highest BCUT2D eigenvalue weighted by atomic mass is 79.9. The monoisotopic (exact) mass is 517 g/mol. The first kappa shape index (κ1) is 23.2.